The molecule has 1 aliphatic rings. The van der Waals surface area contributed by atoms with Gasteiger partial charge in [0.15, 0.2) is 0 Å². The van der Waals surface area contributed by atoms with Crippen LogP contribution >= 0.6 is 0 Å². The van der Waals surface area contributed by atoms with E-state index in [1.165, 1.54) is 16.8 Å². The van der Waals surface area contributed by atoms with E-state index in [0.29, 0.717) is 5.69 Å². The molecule has 1 N–H and O–H groups in total. The fraction of sp³-hybridized carbons (Fsp3) is 0.100. The summed E-state index contributed by atoms with van der Waals surface area (Å²) in [4.78, 5) is 38.2. The maximum absolute atomic E-state index is 14.1. The first kappa shape index (κ1) is 17.6. The van der Waals surface area contributed by atoms with Crippen LogP contribution in [0.3, 0.4) is 0 Å². The molecule has 1 aromatic heterocycles. The molecule has 0 aliphatic carbocycles. The molecule has 3 aromatic rings. The molecule has 0 saturated heterocycles. The SMILES string of the molecule is Cc1cc(NC(=O)CN2C(=O)c3ccccc3C2=O)n(-c2ccccc2F)n1. The number of fused-ring (bicyclic) bond motifs is 1. The summed E-state index contributed by atoms with van der Waals surface area (Å²) >= 11 is 0. The van der Waals surface area contributed by atoms with Gasteiger partial charge in [0.25, 0.3) is 11.8 Å². The standard InChI is InChI=1S/C20H15FN4O3/c1-12-10-17(25(23-12)16-9-5-4-8-15(16)21)22-18(26)11-24-19(27)13-6-2-3-7-14(13)20(24)28/h2-10H,11H2,1H3,(H,22,26). The van der Waals surface area contributed by atoms with E-state index in [4.69, 9.17) is 0 Å². The maximum Gasteiger partial charge on any atom is 0.262 e. The maximum atomic E-state index is 14.1. The van der Waals surface area contributed by atoms with Crippen molar-refractivity contribution in [3.8, 4) is 5.69 Å². The van der Waals surface area contributed by atoms with Crippen molar-refractivity contribution in [1.29, 1.82) is 0 Å². The third-order valence-electron chi connectivity index (χ3n) is 4.36. The Kier molecular flexibility index (Phi) is 4.23. The minimum atomic E-state index is -0.591. The predicted molar refractivity (Wildman–Crippen MR) is 98.7 cm³/mol. The van der Waals surface area contributed by atoms with Gasteiger partial charge in [-0.2, -0.15) is 5.10 Å². The van der Waals surface area contributed by atoms with Crippen molar-refractivity contribution in [1.82, 2.24) is 14.7 Å². The molecule has 0 spiro atoms. The summed E-state index contributed by atoms with van der Waals surface area (Å²) in [6, 6.07) is 14.0. The van der Waals surface area contributed by atoms with Gasteiger partial charge in [-0.15, -0.1) is 0 Å². The zero-order valence-electron chi connectivity index (χ0n) is 14.8. The number of aryl methyl sites for hydroxylation is 1. The van der Waals surface area contributed by atoms with Crippen LogP contribution in [0, 0.1) is 12.7 Å². The summed E-state index contributed by atoms with van der Waals surface area (Å²) in [5.41, 5.74) is 1.28. The second-order valence-electron chi connectivity index (χ2n) is 6.32. The number of para-hydroxylation sites is 1. The van der Waals surface area contributed by atoms with Crippen molar-refractivity contribution >= 4 is 23.5 Å². The molecule has 8 heteroatoms. The van der Waals surface area contributed by atoms with Gasteiger partial charge in [0.2, 0.25) is 5.91 Å². The Bertz CT molecular complexity index is 1090. The molecule has 140 valence electrons. The second kappa shape index (κ2) is 6.73. The lowest BCUT2D eigenvalue weighted by atomic mass is 10.1. The van der Waals surface area contributed by atoms with E-state index >= 15 is 0 Å². The van der Waals surface area contributed by atoms with Gasteiger partial charge in [-0.1, -0.05) is 24.3 Å². The van der Waals surface area contributed by atoms with Crippen LogP contribution < -0.4 is 5.32 Å². The average Bonchev–Trinajstić information content (AvgIpc) is 3.15. The third kappa shape index (κ3) is 2.94. The van der Waals surface area contributed by atoms with Gasteiger partial charge >= 0.3 is 0 Å². The fourth-order valence-corrected chi connectivity index (χ4v) is 3.10. The second-order valence-corrected chi connectivity index (χ2v) is 6.32. The number of anilines is 1. The van der Waals surface area contributed by atoms with Crippen molar-refractivity contribution in [3.05, 3.63) is 77.2 Å². The highest BCUT2D eigenvalue weighted by Crippen LogP contribution is 2.23. The molecule has 0 fully saturated rings. The van der Waals surface area contributed by atoms with Crippen LogP contribution in [0.1, 0.15) is 26.4 Å². The number of hydrogen-bond donors (Lipinski definition) is 1. The van der Waals surface area contributed by atoms with E-state index in [-0.39, 0.29) is 22.6 Å². The number of amides is 3. The summed E-state index contributed by atoms with van der Waals surface area (Å²) in [5.74, 6) is -1.89. The van der Waals surface area contributed by atoms with Crippen molar-refractivity contribution < 1.29 is 18.8 Å². The van der Waals surface area contributed by atoms with Gasteiger partial charge in [0.05, 0.1) is 16.8 Å². The Morgan fingerprint density at radius 3 is 2.29 bits per heavy atom. The molecule has 2 heterocycles. The van der Waals surface area contributed by atoms with Crippen molar-refractivity contribution in [2.75, 3.05) is 11.9 Å². The number of halogens is 1. The van der Waals surface area contributed by atoms with Crippen LogP contribution in [0.5, 0.6) is 0 Å². The van der Waals surface area contributed by atoms with Gasteiger partial charge in [-0.05, 0) is 31.2 Å². The number of aromatic nitrogens is 2. The van der Waals surface area contributed by atoms with Gasteiger partial charge in [0.1, 0.15) is 23.9 Å². The predicted octanol–water partition coefficient (Wildman–Crippen LogP) is 2.55. The molecule has 1 aliphatic heterocycles. The van der Waals surface area contributed by atoms with Gasteiger partial charge < -0.3 is 5.32 Å². The van der Waals surface area contributed by atoms with E-state index in [0.717, 1.165) is 4.90 Å². The number of nitrogens with one attached hydrogen (secondary N) is 1. The van der Waals surface area contributed by atoms with Gasteiger partial charge in [-0.3, -0.25) is 19.3 Å². The lowest BCUT2D eigenvalue weighted by molar-refractivity contribution is -0.116. The first-order valence-corrected chi connectivity index (χ1v) is 8.52. The Morgan fingerprint density at radius 2 is 1.64 bits per heavy atom. The van der Waals surface area contributed by atoms with Crippen LogP contribution in [0.15, 0.2) is 54.6 Å². The average molecular weight is 378 g/mol. The van der Waals surface area contributed by atoms with E-state index in [9.17, 15) is 18.8 Å². The highest BCUT2D eigenvalue weighted by Gasteiger charge is 2.36. The minimum Gasteiger partial charge on any atom is -0.309 e. The van der Waals surface area contributed by atoms with Crippen LogP contribution in [0.25, 0.3) is 5.69 Å². The third-order valence-corrected chi connectivity index (χ3v) is 4.36. The molecule has 3 amide bonds. The summed E-state index contributed by atoms with van der Waals surface area (Å²) in [6.07, 6.45) is 0. The van der Waals surface area contributed by atoms with Crippen LogP contribution in [-0.4, -0.2) is 38.9 Å². The molecule has 4 rings (SSSR count). The number of nitrogens with zero attached hydrogens (tertiary/aromatic N) is 3. The lowest BCUT2D eigenvalue weighted by Crippen LogP contribution is -2.37. The van der Waals surface area contributed by atoms with Gasteiger partial charge in [-0.25, -0.2) is 9.07 Å². The number of carbonyl (C=O) groups excluding carboxylic acids is 3. The minimum absolute atomic E-state index is 0.173. The molecular formula is C20H15FN4O3. The van der Waals surface area contributed by atoms with Crippen molar-refractivity contribution in [2.24, 2.45) is 0 Å². The highest BCUT2D eigenvalue weighted by atomic mass is 19.1. The highest BCUT2D eigenvalue weighted by molar-refractivity contribution is 6.22. The molecule has 28 heavy (non-hydrogen) atoms. The number of carbonyl (C=O) groups is 3. The number of benzene rings is 2. The molecular weight excluding hydrogens is 363 g/mol. The largest absolute Gasteiger partial charge is 0.309 e. The Balaban J connectivity index is 1.56. The molecule has 0 atom stereocenters. The summed E-state index contributed by atoms with van der Waals surface area (Å²) in [5, 5.41) is 6.80. The molecule has 2 aromatic carbocycles. The van der Waals surface area contributed by atoms with Crippen molar-refractivity contribution in [3.63, 3.8) is 0 Å². The number of hydrogen-bond acceptors (Lipinski definition) is 4. The lowest BCUT2D eigenvalue weighted by Gasteiger charge is -2.14. The van der Waals surface area contributed by atoms with E-state index in [1.807, 2.05) is 0 Å². The number of rotatable bonds is 4. The zero-order chi connectivity index (χ0) is 19.8. The fourth-order valence-electron chi connectivity index (χ4n) is 3.10. The quantitative estimate of drug-likeness (QED) is 0.707. The molecule has 0 unspecified atom stereocenters. The first-order valence-electron chi connectivity index (χ1n) is 8.52. The Morgan fingerprint density at radius 1 is 1.04 bits per heavy atom. The summed E-state index contributed by atoms with van der Waals surface area (Å²) in [6.45, 7) is 1.25. The smallest absolute Gasteiger partial charge is 0.262 e. The van der Waals surface area contributed by atoms with Gasteiger partial charge in [0, 0.05) is 6.07 Å². The summed E-state index contributed by atoms with van der Waals surface area (Å²) in [7, 11) is 0. The topological polar surface area (TPSA) is 84.3 Å². The molecule has 0 radical (unpaired) electrons. The number of imide groups is 1. The molecule has 0 saturated carbocycles. The van der Waals surface area contributed by atoms with E-state index < -0.39 is 30.1 Å². The zero-order valence-corrected chi connectivity index (χ0v) is 14.8. The normalized spacial score (nSPS) is 13.0. The first-order chi connectivity index (χ1) is 13.5. The van der Waals surface area contributed by atoms with Crippen LogP contribution in [0.2, 0.25) is 0 Å². The van der Waals surface area contributed by atoms with E-state index in [1.54, 1.807) is 49.4 Å². The molecule has 7 nitrogen and oxygen atoms in total. The molecule has 0 bridgehead atoms. The Labute approximate surface area is 159 Å². The van der Waals surface area contributed by atoms with Crippen LogP contribution in [0.4, 0.5) is 10.2 Å². The summed E-state index contributed by atoms with van der Waals surface area (Å²) < 4.78 is 15.4. The van der Waals surface area contributed by atoms with E-state index in [2.05, 4.69) is 10.4 Å². The monoisotopic (exact) mass is 378 g/mol. The van der Waals surface area contributed by atoms with Crippen LogP contribution in [-0.2, 0) is 4.79 Å². The Hall–Kier alpha value is -3.81. The van der Waals surface area contributed by atoms with Crippen molar-refractivity contribution in [2.45, 2.75) is 6.92 Å².